The van der Waals surface area contributed by atoms with Crippen LogP contribution in [0, 0.1) is 11.7 Å². The molecule has 1 aliphatic heterocycles. The minimum atomic E-state index is -0.809. The van der Waals surface area contributed by atoms with Gasteiger partial charge in [-0.3, -0.25) is 9.69 Å². The number of nitrogens with one attached hydrogen (secondary N) is 1. The highest BCUT2D eigenvalue weighted by Gasteiger charge is 2.18. The number of aliphatic hydroxyl groups is 1. The van der Waals surface area contributed by atoms with Crippen LogP contribution in [0.2, 0.25) is 0 Å². The summed E-state index contributed by atoms with van der Waals surface area (Å²) in [7, 11) is 0. The summed E-state index contributed by atoms with van der Waals surface area (Å²) in [5.41, 5.74) is 0.600. The second kappa shape index (κ2) is 7.52. The summed E-state index contributed by atoms with van der Waals surface area (Å²) in [5.74, 6) is 0.324. The molecule has 0 spiro atoms. The van der Waals surface area contributed by atoms with E-state index in [1.807, 2.05) is 0 Å². The number of aliphatic hydroxyl groups excluding tert-OH is 1. The van der Waals surface area contributed by atoms with Gasteiger partial charge in [0.25, 0.3) is 0 Å². The molecule has 21 heavy (non-hydrogen) atoms. The molecule has 1 unspecified atom stereocenters. The minimum absolute atomic E-state index is 0.0780. The molecule has 4 nitrogen and oxygen atoms in total. The number of likely N-dealkylation sites (tertiary alicyclic amines) is 1. The van der Waals surface area contributed by atoms with E-state index in [9.17, 15) is 14.3 Å². The van der Waals surface area contributed by atoms with Crippen LogP contribution in [-0.2, 0) is 4.79 Å². The lowest BCUT2D eigenvalue weighted by Crippen LogP contribution is -2.42. The van der Waals surface area contributed by atoms with Crippen LogP contribution in [0.15, 0.2) is 24.3 Å². The van der Waals surface area contributed by atoms with E-state index in [2.05, 4.69) is 17.1 Å². The molecule has 1 amide bonds. The highest BCUT2D eigenvalue weighted by atomic mass is 19.1. The van der Waals surface area contributed by atoms with Gasteiger partial charge in [-0.2, -0.15) is 0 Å². The molecule has 1 fully saturated rings. The lowest BCUT2D eigenvalue weighted by atomic mass is 9.99. The fourth-order valence-corrected chi connectivity index (χ4v) is 2.49. The van der Waals surface area contributed by atoms with Crippen molar-refractivity contribution < 1.29 is 14.3 Å². The van der Waals surface area contributed by atoms with Crippen molar-refractivity contribution in [2.24, 2.45) is 5.92 Å². The van der Waals surface area contributed by atoms with E-state index in [4.69, 9.17) is 0 Å². The molecule has 1 aromatic rings. The molecular formula is C16H23FN2O2. The number of piperidine rings is 1. The number of carbonyl (C=O) groups is 1. The predicted octanol–water partition coefficient (Wildman–Crippen LogP) is 1.71. The van der Waals surface area contributed by atoms with Crippen molar-refractivity contribution in [3.8, 4) is 0 Å². The Balaban J connectivity index is 1.72. The van der Waals surface area contributed by atoms with Gasteiger partial charge in [0, 0.05) is 6.54 Å². The Bertz CT molecular complexity index is 456. The molecule has 0 aromatic heterocycles. The third-order valence-corrected chi connectivity index (χ3v) is 3.99. The van der Waals surface area contributed by atoms with E-state index in [1.165, 1.54) is 24.3 Å². The van der Waals surface area contributed by atoms with Gasteiger partial charge in [0.15, 0.2) is 0 Å². The topological polar surface area (TPSA) is 52.6 Å². The lowest BCUT2D eigenvalue weighted by molar-refractivity contribution is -0.123. The molecule has 2 N–H and O–H groups in total. The Morgan fingerprint density at radius 1 is 1.38 bits per heavy atom. The maximum Gasteiger partial charge on any atom is 0.234 e. The zero-order valence-electron chi connectivity index (χ0n) is 12.4. The molecule has 1 aliphatic rings. The summed E-state index contributed by atoms with van der Waals surface area (Å²) in [6.07, 6.45) is 1.45. The Morgan fingerprint density at radius 3 is 2.62 bits per heavy atom. The van der Waals surface area contributed by atoms with Gasteiger partial charge in [0.1, 0.15) is 5.82 Å². The molecule has 1 saturated heterocycles. The van der Waals surface area contributed by atoms with E-state index in [-0.39, 0.29) is 18.3 Å². The monoisotopic (exact) mass is 294 g/mol. The van der Waals surface area contributed by atoms with Gasteiger partial charge in [-0.05, 0) is 49.5 Å². The number of amides is 1. The Labute approximate surface area is 125 Å². The minimum Gasteiger partial charge on any atom is -0.387 e. The van der Waals surface area contributed by atoms with Gasteiger partial charge in [0.2, 0.25) is 5.91 Å². The smallest absolute Gasteiger partial charge is 0.234 e. The van der Waals surface area contributed by atoms with Crippen molar-refractivity contribution in [3.05, 3.63) is 35.6 Å². The normalized spacial score (nSPS) is 18.4. The van der Waals surface area contributed by atoms with Crippen molar-refractivity contribution in [3.63, 3.8) is 0 Å². The number of hydrogen-bond donors (Lipinski definition) is 2. The van der Waals surface area contributed by atoms with Crippen LogP contribution >= 0.6 is 0 Å². The zero-order valence-corrected chi connectivity index (χ0v) is 12.4. The van der Waals surface area contributed by atoms with Gasteiger partial charge in [-0.25, -0.2) is 4.39 Å². The average molecular weight is 294 g/mol. The quantitative estimate of drug-likeness (QED) is 0.869. The number of rotatable bonds is 5. The van der Waals surface area contributed by atoms with E-state index < -0.39 is 6.10 Å². The SMILES string of the molecule is CC1CCN(CC(=O)NCC(O)c2ccc(F)cc2)CC1. The second-order valence-electron chi connectivity index (χ2n) is 5.83. The van der Waals surface area contributed by atoms with E-state index >= 15 is 0 Å². The van der Waals surface area contributed by atoms with Crippen molar-refractivity contribution in [2.45, 2.75) is 25.9 Å². The van der Waals surface area contributed by atoms with Crippen LogP contribution < -0.4 is 5.32 Å². The largest absolute Gasteiger partial charge is 0.387 e. The summed E-state index contributed by atoms with van der Waals surface area (Å²) in [4.78, 5) is 14.0. The molecule has 116 valence electrons. The molecule has 1 atom stereocenters. The lowest BCUT2D eigenvalue weighted by Gasteiger charge is -2.29. The van der Waals surface area contributed by atoms with Gasteiger partial charge >= 0.3 is 0 Å². The number of hydrogen-bond acceptors (Lipinski definition) is 3. The van der Waals surface area contributed by atoms with Crippen LogP contribution in [0.25, 0.3) is 0 Å². The Morgan fingerprint density at radius 2 is 2.00 bits per heavy atom. The van der Waals surface area contributed by atoms with E-state index in [0.29, 0.717) is 12.1 Å². The molecule has 1 aromatic carbocycles. The third-order valence-electron chi connectivity index (χ3n) is 3.99. The molecular weight excluding hydrogens is 271 g/mol. The van der Waals surface area contributed by atoms with Crippen LogP contribution in [0.5, 0.6) is 0 Å². The van der Waals surface area contributed by atoms with Crippen molar-refractivity contribution in [1.82, 2.24) is 10.2 Å². The maximum atomic E-state index is 12.8. The molecule has 0 bridgehead atoms. The zero-order chi connectivity index (χ0) is 15.2. The third kappa shape index (κ3) is 5.10. The molecule has 1 heterocycles. The van der Waals surface area contributed by atoms with E-state index in [1.54, 1.807) is 0 Å². The first-order valence-electron chi connectivity index (χ1n) is 7.47. The van der Waals surface area contributed by atoms with Crippen LogP contribution in [0.4, 0.5) is 4.39 Å². The standard InChI is InChI=1S/C16H23FN2O2/c1-12-6-8-19(9-7-12)11-16(21)18-10-15(20)13-2-4-14(17)5-3-13/h2-5,12,15,20H,6-11H2,1H3,(H,18,21). The fourth-order valence-electron chi connectivity index (χ4n) is 2.49. The summed E-state index contributed by atoms with van der Waals surface area (Å²) in [6, 6.07) is 5.65. The predicted molar refractivity (Wildman–Crippen MR) is 79.2 cm³/mol. The number of benzene rings is 1. The summed E-state index contributed by atoms with van der Waals surface area (Å²) in [5, 5.41) is 12.7. The van der Waals surface area contributed by atoms with Gasteiger partial charge in [-0.1, -0.05) is 19.1 Å². The summed E-state index contributed by atoms with van der Waals surface area (Å²) in [6.45, 7) is 4.66. The molecule has 5 heteroatoms. The first-order valence-corrected chi connectivity index (χ1v) is 7.47. The first-order chi connectivity index (χ1) is 10.0. The van der Waals surface area contributed by atoms with Gasteiger partial charge in [0.05, 0.1) is 12.6 Å². The summed E-state index contributed by atoms with van der Waals surface area (Å²) >= 11 is 0. The summed E-state index contributed by atoms with van der Waals surface area (Å²) < 4.78 is 12.8. The molecule has 0 radical (unpaired) electrons. The van der Waals surface area contributed by atoms with Crippen LogP contribution in [0.1, 0.15) is 31.4 Å². The average Bonchev–Trinajstić information content (AvgIpc) is 2.48. The van der Waals surface area contributed by atoms with Crippen LogP contribution in [0.3, 0.4) is 0 Å². The number of carbonyl (C=O) groups excluding carboxylic acids is 1. The van der Waals surface area contributed by atoms with Crippen LogP contribution in [-0.4, -0.2) is 42.1 Å². The van der Waals surface area contributed by atoms with Gasteiger partial charge in [-0.15, -0.1) is 0 Å². The highest BCUT2D eigenvalue weighted by molar-refractivity contribution is 5.78. The Kier molecular flexibility index (Phi) is 5.70. The number of nitrogens with zero attached hydrogens (tertiary/aromatic N) is 1. The fraction of sp³-hybridized carbons (Fsp3) is 0.562. The first kappa shape index (κ1) is 15.9. The molecule has 0 aliphatic carbocycles. The van der Waals surface area contributed by atoms with Crippen molar-refractivity contribution in [2.75, 3.05) is 26.2 Å². The Hall–Kier alpha value is -1.46. The van der Waals surface area contributed by atoms with Crippen molar-refractivity contribution in [1.29, 1.82) is 0 Å². The van der Waals surface area contributed by atoms with Crippen molar-refractivity contribution >= 4 is 5.91 Å². The van der Waals surface area contributed by atoms with E-state index in [0.717, 1.165) is 31.8 Å². The highest BCUT2D eigenvalue weighted by Crippen LogP contribution is 2.15. The van der Waals surface area contributed by atoms with Gasteiger partial charge < -0.3 is 10.4 Å². The molecule has 0 saturated carbocycles. The second-order valence-corrected chi connectivity index (χ2v) is 5.83. The maximum absolute atomic E-state index is 12.8. The number of halogens is 1. The molecule has 2 rings (SSSR count).